The van der Waals surface area contributed by atoms with Crippen molar-refractivity contribution in [3.05, 3.63) is 71.8 Å². The Kier molecular flexibility index (Phi) is 6.22. The molecule has 0 saturated carbocycles. The normalized spacial score (nSPS) is 14.3. The number of halogens is 3. The van der Waals surface area contributed by atoms with Crippen LogP contribution in [0.15, 0.2) is 59.9 Å². The van der Waals surface area contributed by atoms with Crippen molar-refractivity contribution in [3.8, 4) is 11.1 Å². The molecule has 2 N–H and O–H groups in total. The molecule has 5 rings (SSSR count). The molecule has 1 fully saturated rings. The summed E-state index contributed by atoms with van der Waals surface area (Å²) in [6, 6.07) is 9.31. The third kappa shape index (κ3) is 4.75. The van der Waals surface area contributed by atoms with Gasteiger partial charge in [0.2, 0.25) is 0 Å². The molecule has 1 saturated heterocycles. The molecule has 0 spiro atoms. The zero-order valence-corrected chi connectivity index (χ0v) is 19.7. The third-order valence-corrected chi connectivity index (χ3v) is 7.33. The molecule has 180 valence electrons. The summed E-state index contributed by atoms with van der Waals surface area (Å²) in [6.45, 7) is 3.32. The first-order chi connectivity index (χ1) is 16.8. The summed E-state index contributed by atoms with van der Waals surface area (Å²) < 4.78 is 55.1. The molecule has 4 aromatic rings. The van der Waals surface area contributed by atoms with Gasteiger partial charge in [0.25, 0.3) is 10.0 Å². The van der Waals surface area contributed by atoms with Gasteiger partial charge in [-0.3, -0.25) is 4.72 Å². The Hall–Kier alpha value is -3.41. The van der Waals surface area contributed by atoms with Crippen molar-refractivity contribution in [2.75, 3.05) is 35.8 Å². The van der Waals surface area contributed by atoms with Gasteiger partial charge in [0.15, 0.2) is 5.15 Å². The molecule has 0 bridgehead atoms. The molecular weight excluding hydrogens is 498 g/mol. The van der Waals surface area contributed by atoms with Gasteiger partial charge in [-0.25, -0.2) is 32.2 Å². The number of nitrogens with one attached hydrogen (secondary N) is 2. The molecule has 0 unspecified atom stereocenters. The van der Waals surface area contributed by atoms with Crippen molar-refractivity contribution in [1.29, 1.82) is 0 Å². The van der Waals surface area contributed by atoms with Gasteiger partial charge in [-0.05, 0) is 35.9 Å². The lowest BCUT2D eigenvalue weighted by Gasteiger charge is -2.29. The van der Waals surface area contributed by atoms with E-state index >= 15 is 0 Å². The van der Waals surface area contributed by atoms with E-state index in [1.807, 2.05) is 18.2 Å². The van der Waals surface area contributed by atoms with Crippen molar-refractivity contribution in [2.24, 2.45) is 0 Å². The molecule has 35 heavy (non-hydrogen) atoms. The second kappa shape index (κ2) is 9.33. The first-order valence-electron chi connectivity index (χ1n) is 10.7. The van der Waals surface area contributed by atoms with Gasteiger partial charge in [-0.15, -0.1) is 0 Å². The number of pyridine rings is 1. The summed E-state index contributed by atoms with van der Waals surface area (Å²) >= 11 is 6.14. The Morgan fingerprint density at radius 3 is 2.54 bits per heavy atom. The number of hydrogen-bond acceptors (Lipinski definition) is 7. The van der Waals surface area contributed by atoms with Crippen LogP contribution >= 0.6 is 11.6 Å². The maximum atomic E-state index is 14.1. The number of nitrogens with zero attached hydrogens (tertiary/aromatic N) is 4. The van der Waals surface area contributed by atoms with E-state index in [4.69, 9.17) is 11.6 Å². The van der Waals surface area contributed by atoms with E-state index in [0.717, 1.165) is 60.6 Å². The van der Waals surface area contributed by atoms with Crippen LogP contribution in [-0.2, 0) is 10.0 Å². The van der Waals surface area contributed by atoms with Crippen LogP contribution in [0.1, 0.15) is 0 Å². The fourth-order valence-electron chi connectivity index (χ4n) is 3.92. The Morgan fingerprint density at radius 2 is 1.77 bits per heavy atom. The van der Waals surface area contributed by atoms with Crippen LogP contribution in [0.3, 0.4) is 0 Å². The lowest BCUT2D eigenvalue weighted by molar-refractivity contribution is 0.551. The first kappa shape index (κ1) is 23.3. The number of anilines is 2. The van der Waals surface area contributed by atoms with Gasteiger partial charge in [0, 0.05) is 49.4 Å². The van der Waals surface area contributed by atoms with Crippen molar-refractivity contribution in [1.82, 2.24) is 20.3 Å². The number of piperazine rings is 1. The standard InChI is InChI=1S/C23H19ClF2N6O2S/c24-22-20(31-35(33,34)21-4-2-16(25)11-18(21)26)10-15(12-28-22)14-1-3-19-17(9-14)23(30-13-29-19)32-7-5-27-6-8-32/h1-4,9-13,27,31H,5-8H2. The van der Waals surface area contributed by atoms with Gasteiger partial charge in [0.05, 0.1) is 11.2 Å². The number of fused-ring (bicyclic) bond motifs is 1. The predicted octanol–water partition coefficient (Wildman–Crippen LogP) is 3.83. The lowest BCUT2D eigenvalue weighted by atomic mass is 10.0. The minimum atomic E-state index is -4.39. The van der Waals surface area contributed by atoms with E-state index in [2.05, 4.69) is 29.9 Å². The van der Waals surface area contributed by atoms with Gasteiger partial charge in [0.1, 0.15) is 28.7 Å². The zero-order valence-electron chi connectivity index (χ0n) is 18.2. The van der Waals surface area contributed by atoms with Crippen LogP contribution in [-0.4, -0.2) is 49.5 Å². The highest BCUT2D eigenvalue weighted by Gasteiger charge is 2.22. The highest BCUT2D eigenvalue weighted by atomic mass is 35.5. The van der Waals surface area contributed by atoms with Gasteiger partial charge in [-0.2, -0.15) is 0 Å². The molecule has 0 atom stereocenters. The molecule has 2 aromatic carbocycles. The van der Waals surface area contributed by atoms with E-state index in [-0.39, 0.29) is 10.8 Å². The Morgan fingerprint density at radius 1 is 0.971 bits per heavy atom. The van der Waals surface area contributed by atoms with E-state index in [1.165, 1.54) is 18.6 Å². The second-order valence-corrected chi connectivity index (χ2v) is 9.92. The zero-order chi connectivity index (χ0) is 24.6. The Bertz CT molecular complexity index is 1530. The minimum Gasteiger partial charge on any atom is -0.353 e. The van der Waals surface area contributed by atoms with Gasteiger partial charge >= 0.3 is 0 Å². The lowest BCUT2D eigenvalue weighted by Crippen LogP contribution is -2.44. The SMILES string of the molecule is O=S(=O)(Nc1cc(-c2ccc3ncnc(N4CCNCC4)c3c2)cnc1Cl)c1ccc(F)cc1F. The summed E-state index contributed by atoms with van der Waals surface area (Å²) in [4.78, 5) is 14.4. The van der Waals surface area contributed by atoms with E-state index < -0.39 is 26.6 Å². The van der Waals surface area contributed by atoms with Crippen molar-refractivity contribution in [2.45, 2.75) is 4.90 Å². The van der Waals surface area contributed by atoms with Crippen LogP contribution in [0.25, 0.3) is 22.0 Å². The van der Waals surface area contributed by atoms with E-state index in [1.54, 1.807) is 0 Å². The highest BCUT2D eigenvalue weighted by Crippen LogP contribution is 2.32. The molecule has 0 radical (unpaired) electrons. The number of aromatic nitrogens is 3. The van der Waals surface area contributed by atoms with E-state index in [9.17, 15) is 17.2 Å². The molecule has 2 aromatic heterocycles. The first-order valence-corrected chi connectivity index (χ1v) is 12.5. The number of sulfonamides is 1. The quantitative estimate of drug-likeness (QED) is 0.389. The van der Waals surface area contributed by atoms with Gasteiger partial charge < -0.3 is 10.2 Å². The number of hydrogen-bond donors (Lipinski definition) is 2. The Balaban J connectivity index is 1.52. The van der Waals surface area contributed by atoms with Crippen LogP contribution in [0.5, 0.6) is 0 Å². The van der Waals surface area contributed by atoms with Crippen LogP contribution in [0, 0.1) is 11.6 Å². The molecule has 0 amide bonds. The summed E-state index contributed by atoms with van der Waals surface area (Å²) in [5.41, 5.74) is 2.04. The van der Waals surface area contributed by atoms with Crippen LogP contribution in [0.2, 0.25) is 5.15 Å². The molecule has 8 nitrogen and oxygen atoms in total. The number of benzene rings is 2. The van der Waals surface area contributed by atoms with Gasteiger partial charge in [-0.1, -0.05) is 17.7 Å². The van der Waals surface area contributed by atoms with Crippen molar-refractivity contribution in [3.63, 3.8) is 0 Å². The smallest absolute Gasteiger partial charge is 0.264 e. The molecular formula is C23H19ClF2N6O2S. The molecule has 1 aliphatic rings. The minimum absolute atomic E-state index is 0.0420. The average Bonchev–Trinajstić information content (AvgIpc) is 2.85. The maximum absolute atomic E-state index is 14.1. The van der Waals surface area contributed by atoms with Crippen molar-refractivity contribution >= 4 is 44.0 Å². The fourth-order valence-corrected chi connectivity index (χ4v) is 5.25. The number of rotatable bonds is 5. The third-order valence-electron chi connectivity index (χ3n) is 5.63. The fraction of sp³-hybridized carbons (Fsp3) is 0.174. The molecule has 1 aliphatic heterocycles. The molecule has 12 heteroatoms. The van der Waals surface area contributed by atoms with Crippen LogP contribution in [0.4, 0.5) is 20.3 Å². The topological polar surface area (TPSA) is 100 Å². The monoisotopic (exact) mass is 516 g/mol. The average molecular weight is 517 g/mol. The largest absolute Gasteiger partial charge is 0.353 e. The summed E-state index contributed by atoms with van der Waals surface area (Å²) in [5.74, 6) is -1.29. The summed E-state index contributed by atoms with van der Waals surface area (Å²) in [7, 11) is -4.39. The second-order valence-electron chi connectivity index (χ2n) is 7.91. The highest BCUT2D eigenvalue weighted by molar-refractivity contribution is 7.92. The Labute approximate surface area is 205 Å². The molecule has 3 heterocycles. The summed E-state index contributed by atoms with van der Waals surface area (Å²) in [5, 5.41) is 4.04. The van der Waals surface area contributed by atoms with Crippen LogP contribution < -0.4 is 14.9 Å². The molecule has 0 aliphatic carbocycles. The summed E-state index contributed by atoms with van der Waals surface area (Å²) in [6.07, 6.45) is 3.04. The van der Waals surface area contributed by atoms with E-state index in [0.29, 0.717) is 11.6 Å². The van der Waals surface area contributed by atoms with Crippen molar-refractivity contribution < 1.29 is 17.2 Å². The maximum Gasteiger partial charge on any atom is 0.264 e. The predicted molar refractivity (Wildman–Crippen MR) is 130 cm³/mol.